The molecular weight excluding hydrogens is 303 g/mol. The second-order valence-corrected chi connectivity index (χ2v) is 7.50. The van der Waals surface area contributed by atoms with Crippen molar-refractivity contribution in [1.29, 1.82) is 0 Å². The molecule has 2 aliphatic rings. The Morgan fingerprint density at radius 1 is 1.14 bits per heavy atom. The van der Waals surface area contributed by atoms with Gasteiger partial charge in [0.1, 0.15) is 0 Å². The molecule has 2 fully saturated rings. The van der Waals surface area contributed by atoms with Crippen molar-refractivity contribution >= 4 is 23.2 Å². The van der Waals surface area contributed by atoms with E-state index in [0.29, 0.717) is 17.9 Å². The molecule has 1 saturated heterocycles. The minimum Gasteiger partial charge on any atom is -0.372 e. The fraction of sp³-hybridized carbons (Fsp3) is 0.667. The number of hydrogen-bond donors (Lipinski definition) is 0. The number of hydrogen-bond acceptors (Lipinski definition) is 1. The highest BCUT2D eigenvalue weighted by Crippen LogP contribution is 2.44. The van der Waals surface area contributed by atoms with Gasteiger partial charge in [0.05, 0.1) is 11.7 Å². The Kier molecular flexibility index (Phi) is 5.14. The zero-order valence-electron chi connectivity index (χ0n) is 12.5. The minimum absolute atomic E-state index is 0.238. The molecule has 2 unspecified atom stereocenters. The molecule has 116 valence electrons. The molecule has 1 aliphatic heterocycles. The first-order valence-electron chi connectivity index (χ1n) is 8.17. The maximum atomic E-state index is 6.42. The van der Waals surface area contributed by atoms with E-state index in [1.54, 1.807) is 0 Å². The van der Waals surface area contributed by atoms with Crippen molar-refractivity contribution in [2.45, 2.75) is 63.1 Å². The first-order valence-corrected chi connectivity index (χ1v) is 9.09. The average molecular weight is 327 g/mol. The van der Waals surface area contributed by atoms with E-state index in [4.69, 9.17) is 27.9 Å². The fourth-order valence-corrected chi connectivity index (χ4v) is 4.34. The molecule has 0 aromatic heterocycles. The predicted molar refractivity (Wildman–Crippen MR) is 89.3 cm³/mol. The lowest BCUT2D eigenvalue weighted by Crippen LogP contribution is -2.26. The number of alkyl halides is 1. The van der Waals surface area contributed by atoms with Gasteiger partial charge in [0.15, 0.2) is 0 Å². The number of rotatable bonds is 5. The minimum atomic E-state index is 0.238. The third-order valence-corrected chi connectivity index (χ3v) is 5.79. The van der Waals surface area contributed by atoms with Crippen molar-refractivity contribution in [2.24, 2.45) is 5.92 Å². The van der Waals surface area contributed by atoms with Crippen LogP contribution in [-0.2, 0) is 11.2 Å². The van der Waals surface area contributed by atoms with Gasteiger partial charge in [-0.3, -0.25) is 0 Å². The predicted octanol–water partition coefficient (Wildman–Crippen LogP) is 5.62. The van der Waals surface area contributed by atoms with Crippen molar-refractivity contribution in [3.63, 3.8) is 0 Å². The van der Waals surface area contributed by atoms with Crippen molar-refractivity contribution in [2.75, 3.05) is 5.88 Å². The third-order valence-electron chi connectivity index (χ3n) is 5.11. The molecule has 3 heteroatoms. The van der Waals surface area contributed by atoms with Crippen LogP contribution in [0.15, 0.2) is 24.3 Å². The Morgan fingerprint density at radius 2 is 1.86 bits per heavy atom. The monoisotopic (exact) mass is 326 g/mol. The third kappa shape index (κ3) is 3.94. The smallest absolute Gasteiger partial charge is 0.0687 e. The van der Waals surface area contributed by atoms with Crippen molar-refractivity contribution in [3.05, 3.63) is 34.9 Å². The molecule has 1 aromatic carbocycles. The van der Waals surface area contributed by atoms with Crippen LogP contribution in [0.4, 0.5) is 0 Å². The van der Waals surface area contributed by atoms with Gasteiger partial charge in [-0.05, 0) is 62.1 Å². The summed E-state index contributed by atoms with van der Waals surface area (Å²) in [6.45, 7) is 0. The summed E-state index contributed by atoms with van der Waals surface area (Å²) in [4.78, 5) is 0. The molecule has 1 spiro atoms. The molecular formula is C18H24Cl2O. The molecule has 3 rings (SSSR count). The van der Waals surface area contributed by atoms with Crippen LogP contribution in [-0.4, -0.2) is 17.6 Å². The van der Waals surface area contributed by atoms with Crippen LogP contribution in [0.5, 0.6) is 0 Å². The van der Waals surface area contributed by atoms with Crippen molar-refractivity contribution in [1.82, 2.24) is 0 Å². The topological polar surface area (TPSA) is 9.23 Å². The van der Waals surface area contributed by atoms with Gasteiger partial charge in [0.25, 0.3) is 0 Å². The van der Waals surface area contributed by atoms with Gasteiger partial charge in [0.2, 0.25) is 0 Å². The number of halogens is 2. The Hall–Kier alpha value is -0.240. The standard InChI is InChI=1S/C18H24Cl2O/c19-13-15(11-14-3-5-16(20)6-4-14)12-17-7-10-18(21-17)8-1-2-9-18/h3-6,15,17H,1-2,7-13H2. The molecule has 1 heterocycles. The highest BCUT2D eigenvalue weighted by Gasteiger charge is 2.42. The van der Waals surface area contributed by atoms with Crippen LogP contribution < -0.4 is 0 Å². The maximum Gasteiger partial charge on any atom is 0.0687 e. The Labute approximate surface area is 138 Å². The normalized spacial score (nSPS) is 25.5. The zero-order valence-corrected chi connectivity index (χ0v) is 14.0. The maximum absolute atomic E-state index is 6.42. The molecule has 1 nitrogen and oxygen atoms in total. The lowest BCUT2D eigenvalue weighted by molar-refractivity contribution is -0.0432. The SMILES string of the molecule is ClCC(Cc1ccc(Cl)cc1)CC1CCC2(CCCC2)O1. The van der Waals surface area contributed by atoms with E-state index < -0.39 is 0 Å². The van der Waals surface area contributed by atoms with E-state index in [0.717, 1.165) is 17.9 Å². The van der Waals surface area contributed by atoms with E-state index in [2.05, 4.69) is 12.1 Å². The van der Waals surface area contributed by atoms with E-state index in [-0.39, 0.29) is 5.60 Å². The summed E-state index contributed by atoms with van der Waals surface area (Å²) < 4.78 is 6.42. The summed E-state index contributed by atoms with van der Waals surface area (Å²) in [6.07, 6.45) is 10.2. The van der Waals surface area contributed by atoms with Crippen LogP contribution in [0.1, 0.15) is 50.5 Å². The molecule has 2 atom stereocenters. The molecule has 0 N–H and O–H groups in total. The van der Waals surface area contributed by atoms with Gasteiger partial charge in [-0.2, -0.15) is 0 Å². The lowest BCUT2D eigenvalue weighted by Gasteiger charge is -2.25. The van der Waals surface area contributed by atoms with Gasteiger partial charge in [-0.1, -0.05) is 36.6 Å². The van der Waals surface area contributed by atoms with Crippen LogP contribution >= 0.6 is 23.2 Å². The van der Waals surface area contributed by atoms with Crippen LogP contribution in [0.2, 0.25) is 5.02 Å². The van der Waals surface area contributed by atoms with Gasteiger partial charge < -0.3 is 4.74 Å². The first-order chi connectivity index (χ1) is 10.2. The van der Waals surface area contributed by atoms with E-state index in [1.807, 2.05) is 12.1 Å². The molecule has 21 heavy (non-hydrogen) atoms. The fourth-order valence-electron chi connectivity index (χ4n) is 3.98. The Balaban J connectivity index is 1.54. The molecule has 1 aromatic rings. The van der Waals surface area contributed by atoms with E-state index in [9.17, 15) is 0 Å². The Bertz CT molecular complexity index is 451. The molecule has 1 aliphatic carbocycles. The summed E-state index contributed by atoms with van der Waals surface area (Å²) in [5, 5.41) is 0.795. The number of benzene rings is 1. The van der Waals surface area contributed by atoms with Crippen LogP contribution in [0, 0.1) is 5.92 Å². The lowest BCUT2D eigenvalue weighted by atomic mass is 9.93. The van der Waals surface area contributed by atoms with Gasteiger partial charge in [-0.15, -0.1) is 11.6 Å². The summed E-state index contributed by atoms with van der Waals surface area (Å²) in [7, 11) is 0. The molecule has 0 amide bonds. The first kappa shape index (κ1) is 15.6. The van der Waals surface area contributed by atoms with E-state index in [1.165, 1.54) is 44.1 Å². The quantitative estimate of drug-likeness (QED) is 0.638. The van der Waals surface area contributed by atoms with Crippen molar-refractivity contribution in [3.8, 4) is 0 Å². The summed E-state index contributed by atoms with van der Waals surface area (Å²) in [5.41, 5.74) is 1.56. The largest absolute Gasteiger partial charge is 0.372 e. The van der Waals surface area contributed by atoms with Crippen molar-refractivity contribution < 1.29 is 4.74 Å². The summed E-state index contributed by atoms with van der Waals surface area (Å²) in [5.74, 6) is 1.20. The highest BCUT2D eigenvalue weighted by atomic mass is 35.5. The van der Waals surface area contributed by atoms with Gasteiger partial charge in [-0.25, -0.2) is 0 Å². The Morgan fingerprint density at radius 3 is 2.52 bits per heavy atom. The molecule has 0 radical (unpaired) electrons. The number of ether oxygens (including phenoxy) is 1. The van der Waals surface area contributed by atoms with Gasteiger partial charge >= 0.3 is 0 Å². The second-order valence-electron chi connectivity index (χ2n) is 6.76. The van der Waals surface area contributed by atoms with E-state index >= 15 is 0 Å². The summed E-state index contributed by atoms with van der Waals surface area (Å²) in [6, 6.07) is 8.13. The molecule has 1 saturated carbocycles. The average Bonchev–Trinajstić information content (AvgIpc) is 3.11. The molecule has 0 bridgehead atoms. The van der Waals surface area contributed by atoms with Gasteiger partial charge in [0, 0.05) is 10.9 Å². The zero-order chi connectivity index (χ0) is 14.7. The van der Waals surface area contributed by atoms with Crippen LogP contribution in [0.25, 0.3) is 0 Å². The summed E-state index contributed by atoms with van der Waals surface area (Å²) >= 11 is 12.1. The highest BCUT2D eigenvalue weighted by molar-refractivity contribution is 6.30. The second kappa shape index (κ2) is 6.89. The van der Waals surface area contributed by atoms with Crippen LogP contribution in [0.3, 0.4) is 0 Å².